The highest BCUT2D eigenvalue weighted by atomic mass is 19.1. The summed E-state index contributed by atoms with van der Waals surface area (Å²) in [5, 5.41) is 9.32. The number of aliphatic carboxylic acids is 1. The van der Waals surface area contributed by atoms with Crippen LogP contribution in [0.3, 0.4) is 0 Å². The van der Waals surface area contributed by atoms with Crippen LogP contribution < -0.4 is 4.74 Å². The van der Waals surface area contributed by atoms with Crippen molar-refractivity contribution in [2.45, 2.75) is 52.4 Å². The number of benzene rings is 2. The number of alkyl halides is 1. The molecule has 7 heteroatoms. The number of halogens is 1. The Morgan fingerprint density at radius 2 is 1.85 bits per heavy atom. The van der Waals surface area contributed by atoms with E-state index in [-0.39, 0.29) is 0 Å². The van der Waals surface area contributed by atoms with Crippen LogP contribution in [0.5, 0.6) is 5.75 Å². The molecule has 33 heavy (non-hydrogen) atoms. The monoisotopic (exact) mass is 452 g/mol. The Labute approximate surface area is 193 Å². The first-order valence-corrected chi connectivity index (χ1v) is 11.1. The number of oxazole rings is 1. The molecule has 4 rings (SSSR count). The Morgan fingerprint density at radius 1 is 1.15 bits per heavy atom. The van der Waals surface area contributed by atoms with Crippen molar-refractivity contribution in [3.8, 4) is 17.2 Å². The SMILES string of the molecule is Cc1nc(-c2ccc(CF)cc2)oc1CN1CCc2ccc(OC(C)(C)C(=O)O)cc2CC1. The van der Waals surface area contributed by atoms with E-state index in [1.807, 2.05) is 37.3 Å². The molecule has 1 N–H and O–H groups in total. The average molecular weight is 453 g/mol. The van der Waals surface area contributed by atoms with Crippen LogP contribution in [0.2, 0.25) is 0 Å². The van der Waals surface area contributed by atoms with Crippen LogP contribution in [-0.4, -0.2) is 39.7 Å². The first-order chi connectivity index (χ1) is 15.7. The molecule has 0 saturated carbocycles. The van der Waals surface area contributed by atoms with Gasteiger partial charge in [0.2, 0.25) is 5.89 Å². The molecule has 0 amide bonds. The topological polar surface area (TPSA) is 75.8 Å². The van der Waals surface area contributed by atoms with E-state index in [0.29, 0.717) is 23.7 Å². The van der Waals surface area contributed by atoms with Crippen molar-refractivity contribution in [1.82, 2.24) is 9.88 Å². The molecule has 0 radical (unpaired) electrons. The number of hydrogen-bond donors (Lipinski definition) is 1. The Morgan fingerprint density at radius 3 is 2.52 bits per heavy atom. The molecule has 0 saturated heterocycles. The number of nitrogens with zero attached hydrogens (tertiary/aromatic N) is 2. The third kappa shape index (κ3) is 5.25. The first-order valence-electron chi connectivity index (χ1n) is 11.1. The molecule has 0 unspecified atom stereocenters. The third-order valence-electron chi connectivity index (χ3n) is 6.08. The Bertz CT molecular complexity index is 1140. The summed E-state index contributed by atoms with van der Waals surface area (Å²) < 4.78 is 24.6. The largest absolute Gasteiger partial charge is 0.478 e. The molecule has 6 nitrogen and oxygen atoms in total. The summed E-state index contributed by atoms with van der Waals surface area (Å²) in [7, 11) is 0. The van der Waals surface area contributed by atoms with Crippen molar-refractivity contribution < 1.29 is 23.4 Å². The number of ether oxygens (including phenoxy) is 1. The van der Waals surface area contributed by atoms with E-state index in [0.717, 1.165) is 42.9 Å². The molecule has 3 aromatic rings. The van der Waals surface area contributed by atoms with Crippen LogP contribution in [0.1, 0.15) is 42.0 Å². The van der Waals surface area contributed by atoms with Gasteiger partial charge in [-0.1, -0.05) is 18.2 Å². The maximum absolute atomic E-state index is 12.8. The van der Waals surface area contributed by atoms with E-state index in [4.69, 9.17) is 9.15 Å². The smallest absolute Gasteiger partial charge is 0.347 e. The van der Waals surface area contributed by atoms with E-state index >= 15 is 0 Å². The van der Waals surface area contributed by atoms with E-state index in [2.05, 4.69) is 9.88 Å². The number of carboxylic acids is 1. The van der Waals surface area contributed by atoms with Gasteiger partial charge in [-0.25, -0.2) is 14.2 Å². The zero-order chi connectivity index (χ0) is 23.6. The van der Waals surface area contributed by atoms with Gasteiger partial charge in [-0.3, -0.25) is 4.90 Å². The van der Waals surface area contributed by atoms with E-state index in [9.17, 15) is 14.3 Å². The third-order valence-corrected chi connectivity index (χ3v) is 6.08. The lowest BCUT2D eigenvalue weighted by Crippen LogP contribution is -2.37. The lowest BCUT2D eigenvalue weighted by molar-refractivity contribution is -0.152. The highest BCUT2D eigenvalue weighted by molar-refractivity contribution is 5.76. The molecule has 0 aliphatic carbocycles. The second-order valence-corrected chi connectivity index (χ2v) is 8.98. The lowest BCUT2D eigenvalue weighted by atomic mass is 10.0. The molecule has 1 aliphatic rings. The number of hydrogen-bond acceptors (Lipinski definition) is 5. The maximum Gasteiger partial charge on any atom is 0.347 e. The Hall–Kier alpha value is -3.19. The van der Waals surface area contributed by atoms with Gasteiger partial charge in [-0.2, -0.15) is 0 Å². The fraction of sp³-hybridized carbons (Fsp3) is 0.385. The predicted octanol–water partition coefficient (Wildman–Crippen LogP) is 4.96. The number of carboxylic acid groups (broad SMARTS) is 1. The maximum atomic E-state index is 12.8. The Kier molecular flexibility index (Phi) is 6.51. The van der Waals surface area contributed by atoms with E-state index < -0.39 is 18.2 Å². The van der Waals surface area contributed by atoms with Crippen LogP contribution in [0.25, 0.3) is 11.5 Å². The molecule has 2 aromatic carbocycles. The highest BCUT2D eigenvalue weighted by Crippen LogP contribution is 2.27. The Balaban J connectivity index is 1.43. The standard InChI is InChI=1S/C26H29FN2O4/c1-17-23(32-24(28-17)20-6-4-18(15-27)5-7-20)16-29-12-10-19-8-9-22(14-21(19)11-13-29)33-26(2,3)25(30)31/h4-9,14H,10-13,15-16H2,1-3H3,(H,30,31). The van der Waals surface area contributed by atoms with Crippen molar-refractivity contribution in [3.63, 3.8) is 0 Å². The summed E-state index contributed by atoms with van der Waals surface area (Å²) in [6, 6.07) is 13.0. The van der Waals surface area contributed by atoms with Crippen LogP contribution in [0.15, 0.2) is 46.9 Å². The van der Waals surface area contributed by atoms with Crippen LogP contribution in [-0.2, 0) is 30.9 Å². The predicted molar refractivity (Wildman–Crippen MR) is 123 cm³/mol. The molecule has 2 heterocycles. The molecule has 0 fully saturated rings. The zero-order valence-electron chi connectivity index (χ0n) is 19.2. The van der Waals surface area contributed by atoms with Crippen molar-refractivity contribution in [1.29, 1.82) is 0 Å². The summed E-state index contributed by atoms with van der Waals surface area (Å²) in [6.07, 6.45) is 1.73. The number of rotatable bonds is 7. The second-order valence-electron chi connectivity index (χ2n) is 8.98. The summed E-state index contributed by atoms with van der Waals surface area (Å²) in [5.41, 5.74) is 3.47. The molecular weight excluding hydrogens is 423 g/mol. The number of carbonyl (C=O) groups is 1. The summed E-state index contributed by atoms with van der Waals surface area (Å²) in [5.74, 6) is 0.958. The zero-order valence-corrected chi connectivity index (χ0v) is 19.2. The van der Waals surface area contributed by atoms with Gasteiger partial charge in [-0.05, 0) is 74.6 Å². The molecule has 0 atom stereocenters. The minimum atomic E-state index is -1.28. The summed E-state index contributed by atoms with van der Waals surface area (Å²) >= 11 is 0. The lowest BCUT2D eigenvalue weighted by Gasteiger charge is -2.22. The minimum Gasteiger partial charge on any atom is -0.478 e. The minimum absolute atomic E-state index is 0.488. The highest BCUT2D eigenvalue weighted by Gasteiger charge is 2.29. The van der Waals surface area contributed by atoms with E-state index in [1.54, 1.807) is 26.0 Å². The van der Waals surface area contributed by atoms with Gasteiger partial charge in [0.25, 0.3) is 0 Å². The first kappa shape index (κ1) is 23.0. The van der Waals surface area contributed by atoms with E-state index in [1.165, 1.54) is 11.1 Å². The number of aryl methyl sites for hydroxylation is 1. The quantitative estimate of drug-likeness (QED) is 0.546. The van der Waals surface area contributed by atoms with Crippen molar-refractivity contribution in [2.75, 3.05) is 13.1 Å². The number of fused-ring (bicyclic) bond motifs is 1. The van der Waals surface area contributed by atoms with Crippen LogP contribution in [0.4, 0.5) is 4.39 Å². The molecule has 1 aromatic heterocycles. The van der Waals surface area contributed by atoms with Crippen molar-refractivity contribution in [3.05, 3.63) is 70.6 Å². The summed E-state index contributed by atoms with van der Waals surface area (Å²) in [4.78, 5) is 18.3. The normalized spacial score (nSPS) is 14.5. The van der Waals surface area contributed by atoms with Gasteiger partial charge in [0.05, 0.1) is 12.2 Å². The fourth-order valence-corrected chi connectivity index (χ4v) is 3.95. The summed E-state index contributed by atoms with van der Waals surface area (Å²) in [6.45, 7) is 6.94. The van der Waals surface area contributed by atoms with Gasteiger partial charge < -0.3 is 14.3 Å². The van der Waals surface area contributed by atoms with Gasteiger partial charge >= 0.3 is 5.97 Å². The fourth-order valence-electron chi connectivity index (χ4n) is 3.95. The second kappa shape index (κ2) is 9.35. The number of aromatic nitrogens is 1. The van der Waals surface area contributed by atoms with Crippen molar-refractivity contribution in [2.24, 2.45) is 0 Å². The van der Waals surface area contributed by atoms with Gasteiger partial charge in [-0.15, -0.1) is 0 Å². The van der Waals surface area contributed by atoms with Gasteiger partial charge in [0.15, 0.2) is 5.60 Å². The van der Waals surface area contributed by atoms with Gasteiger partial charge in [0.1, 0.15) is 18.2 Å². The molecular formula is C26H29FN2O4. The molecule has 0 bridgehead atoms. The van der Waals surface area contributed by atoms with Crippen LogP contribution >= 0.6 is 0 Å². The molecule has 174 valence electrons. The molecule has 0 spiro atoms. The van der Waals surface area contributed by atoms with Gasteiger partial charge in [0, 0.05) is 18.7 Å². The molecule has 1 aliphatic heterocycles. The van der Waals surface area contributed by atoms with Crippen molar-refractivity contribution >= 4 is 5.97 Å². The average Bonchev–Trinajstić information content (AvgIpc) is 3.03. The van der Waals surface area contributed by atoms with Crippen LogP contribution in [0, 0.1) is 6.92 Å².